The summed E-state index contributed by atoms with van der Waals surface area (Å²) in [4.78, 5) is 12.6. The van der Waals surface area contributed by atoms with E-state index in [-0.39, 0.29) is 0 Å². The predicted octanol–water partition coefficient (Wildman–Crippen LogP) is 5.00. The summed E-state index contributed by atoms with van der Waals surface area (Å²) in [6.45, 7) is 2.22. The highest BCUT2D eigenvalue weighted by atomic mass is 79.9. The Balaban J connectivity index is 2.30. The first kappa shape index (κ1) is 13.3. The van der Waals surface area contributed by atoms with Crippen molar-refractivity contribution in [2.24, 2.45) is 0 Å². The second kappa shape index (κ2) is 7.47. The van der Waals surface area contributed by atoms with Crippen LogP contribution in [0.15, 0.2) is 14.7 Å². The van der Waals surface area contributed by atoms with Crippen LogP contribution in [0.2, 0.25) is 0 Å². The molecule has 0 saturated carbocycles. The van der Waals surface area contributed by atoms with Gasteiger partial charge in [-0.2, -0.15) is 0 Å². The molecule has 1 nitrogen and oxygen atoms in total. The third-order valence-electron chi connectivity index (χ3n) is 2.05. The Hall–Kier alpha value is 0.200. The minimum Gasteiger partial charge on any atom is -0.297 e. The summed E-state index contributed by atoms with van der Waals surface area (Å²) < 4.78 is 1.09. The lowest BCUT2D eigenvalue weighted by molar-refractivity contribution is 0.112. The average molecular weight is 307 g/mol. The van der Waals surface area contributed by atoms with E-state index in [1.54, 1.807) is 0 Å². The van der Waals surface area contributed by atoms with E-state index >= 15 is 0 Å². The van der Waals surface area contributed by atoms with Crippen LogP contribution < -0.4 is 0 Å². The Labute approximate surface area is 108 Å². The zero-order valence-corrected chi connectivity index (χ0v) is 12.0. The molecule has 0 spiro atoms. The first-order valence-electron chi connectivity index (χ1n) is 5.15. The largest absolute Gasteiger partial charge is 0.297 e. The quantitative estimate of drug-likeness (QED) is 0.401. The zero-order chi connectivity index (χ0) is 11.1. The molecule has 1 aromatic heterocycles. The van der Waals surface area contributed by atoms with Crippen LogP contribution in [-0.2, 0) is 0 Å². The van der Waals surface area contributed by atoms with Crippen molar-refractivity contribution >= 4 is 45.3 Å². The van der Waals surface area contributed by atoms with Gasteiger partial charge < -0.3 is 0 Å². The zero-order valence-electron chi connectivity index (χ0n) is 8.79. The summed E-state index contributed by atoms with van der Waals surface area (Å²) in [5.41, 5.74) is 0. The second-order valence-corrected chi connectivity index (χ2v) is 6.85. The molecule has 15 heavy (non-hydrogen) atoms. The number of carbonyl (C=O) groups is 1. The number of hydrogen-bond donors (Lipinski definition) is 0. The van der Waals surface area contributed by atoms with E-state index in [2.05, 4.69) is 22.9 Å². The summed E-state index contributed by atoms with van der Waals surface area (Å²) in [6.07, 6.45) is 6.09. The molecule has 0 N–H and O–H groups in total. The standard InChI is InChI=1S/C11H15BrOS2/c1-2-3-4-5-6-14-10-7-9(8-13)15-11(10)12/h7-8H,2-6H2,1H3. The topological polar surface area (TPSA) is 17.1 Å². The van der Waals surface area contributed by atoms with Gasteiger partial charge in [0.15, 0.2) is 6.29 Å². The summed E-state index contributed by atoms with van der Waals surface area (Å²) in [5, 5.41) is 0. The van der Waals surface area contributed by atoms with E-state index in [1.165, 1.54) is 41.9 Å². The van der Waals surface area contributed by atoms with Gasteiger partial charge >= 0.3 is 0 Å². The molecule has 0 aromatic carbocycles. The fourth-order valence-corrected chi connectivity index (χ4v) is 4.12. The fraction of sp³-hybridized carbons (Fsp3) is 0.545. The lowest BCUT2D eigenvalue weighted by atomic mass is 10.2. The summed E-state index contributed by atoms with van der Waals surface area (Å²) >= 11 is 6.83. The fourth-order valence-electron chi connectivity index (χ4n) is 1.24. The summed E-state index contributed by atoms with van der Waals surface area (Å²) in [6, 6.07) is 1.96. The van der Waals surface area contributed by atoms with E-state index in [0.29, 0.717) is 0 Å². The van der Waals surface area contributed by atoms with Crippen LogP contribution in [0.3, 0.4) is 0 Å². The van der Waals surface area contributed by atoms with Gasteiger partial charge in [0.25, 0.3) is 0 Å². The number of unbranched alkanes of at least 4 members (excludes halogenated alkanes) is 3. The molecule has 0 saturated heterocycles. The molecule has 0 radical (unpaired) electrons. The highest BCUT2D eigenvalue weighted by Gasteiger charge is 2.06. The molecule has 0 unspecified atom stereocenters. The molecule has 0 aliphatic rings. The van der Waals surface area contributed by atoms with E-state index < -0.39 is 0 Å². The van der Waals surface area contributed by atoms with Crippen LogP contribution >= 0.6 is 39.0 Å². The van der Waals surface area contributed by atoms with E-state index in [0.717, 1.165) is 20.7 Å². The molecule has 0 atom stereocenters. The van der Waals surface area contributed by atoms with E-state index in [1.807, 2.05) is 17.8 Å². The molecule has 84 valence electrons. The van der Waals surface area contributed by atoms with Gasteiger partial charge in [-0.05, 0) is 34.2 Å². The van der Waals surface area contributed by atoms with Gasteiger partial charge in [-0.25, -0.2) is 0 Å². The Morgan fingerprint density at radius 2 is 2.27 bits per heavy atom. The van der Waals surface area contributed by atoms with Crippen molar-refractivity contribution in [1.29, 1.82) is 0 Å². The number of halogens is 1. The summed E-state index contributed by atoms with van der Waals surface area (Å²) in [7, 11) is 0. The molecule has 1 heterocycles. The van der Waals surface area contributed by atoms with Crippen LogP contribution in [0.1, 0.15) is 42.3 Å². The maximum atomic E-state index is 10.6. The van der Waals surface area contributed by atoms with E-state index in [4.69, 9.17) is 0 Å². The van der Waals surface area contributed by atoms with Crippen molar-refractivity contribution < 1.29 is 4.79 Å². The first-order valence-corrected chi connectivity index (χ1v) is 7.74. The average Bonchev–Trinajstić information content (AvgIpc) is 2.59. The molecule has 1 aromatic rings. The van der Waals surface area contributed by atoms with Crippen LogP contribution in [0, 0.1) is 0 Å². The smallest absolute Gasteiger partial charge is 0.160 e. The molecular formula is C11H15BrOS2. The minimum absolute atomic E-state index is 0.804. The Morgan fingerprint density at radius 1 is 1.47 bits per heavy atom. The molecule has 0 amide bonds. The predicted molar refractivity (Wildman–Crippen MR) is 72.3 cm³/mol. The Morgan fingerprint density at radius 3 is 2.87 bits per heavy atom. The number of thiophene rings is 1. The molecule has 0 bridgehead atoms. The van der Waals surface area contributed by atoms with Gasteiger partial charge in [-0.3, -0.25) is 4.79 Å². The third-order valence-corrected chi connectivity index (χ3v) is 5.33. The van der Waals surface area contributed by atoms with Gasteiger partial charge in [0, 0.05) is 4.90 Å². The van der Waals surface area contributed by atoms with Gasteiger partial charge in [-0.1, -0.05) is 26.2 Å². The lowest BCUT2D eigenvalue weighted by Gasteiger charge is -1.99. The first-order chi connectivity index (χ1) is 7.27. The second-order valence-electron chi connectivity index (χ2n) is 3.31. The van der Waals surface area contributed by atoms with E-state index in [9.17, 15) is 4.79 Å². The van der Waals surface area contributed by atoms with Gasteiger partial charge in [0.1, 0.15) is 0 Å². The monoisotopic (exact) mass is 306 g/mol. The third kappa shape index (κ3) is 4.70. The van der Waals surface area contributed by atoms with Crippen molar-refractivity contribution in [1.82, 2.24) is 0 Å². The van der Waals surface area contributed by atoms with Crippen molar-refractivity contribution in [2.45, 2.75) is 37.5 Å². The molecule has 1 rings (SSSR count). The molecular weight excluding hydrogens is 292 g/mol. The Kier molecular flexibility index (Phi) is 6.61. The minimum atomic E-state index is 0.804. The Bertz CT molecular complexity index is 310. The van der Waals surface area contributed by atoms with Crippen molar-refractivity contribution in [3.63, 3.8) is 0 Å². The number of rotatable bonds is 7. The number of aldehydes is 1. The van der Waals surface area contributed by atoms with Crippen LogP contribution in [0.25, 0.3) is 0 Å². The molecule has 0 aliphatic heterocycles. The van der Waals surface area contributed by atoms with Gasteiger partial charge in [0.05, 0.1) is 8.66 Å². The number of carbonyl (C=O) groups excluding carboxylic acids is 1. The molecule has 0 aliphatic carbocycles. The maximum absolute atomic E-state index is 10.6. The highest BCUT2D eigenvalue weighted by Crippen LogP contribution is 2.35. The maximum Gasteiger partial charge on any atom is 0.160 e. The van der Waals surface area contributed by atoms with Gasteiger partial charge in [0.2, 0.25) is 0 Å². The number of hydrogen-bond acceptors (Lipinski definition) is 3. The molecule has 0 fully saturated rings. The van der Waals surface area contributed by atoms with Gasteiger partial charge in [-0.15, -0.1) is 23.1 Å². The SMILES string of the molecule is CCCCCCSc1cc(C=O)sc1Br. The highest BCUT2D eigenvalue weighted by molar-refractivity contribution is 9.11. The summed E-state index contributed by atoms with van der Waals surface area (Å²) in [5.74, 6) is 1.15. The van der Waals surface area contributed by atoms with Crippen LogP contribution in [0.4, 0.5) is 0 Å². The van der Waals surface area contributed by atoms with Crippen molar-refractivity contribution in [2.75, 3.05) is 5.75 Å². The van der Waals surface area contributed by atoms with Crippen molar-refractivity contribution in [3.8, 4) is 0 Å². The lowest BCUT2D eigenvalue weighted by Crippen LogP contribution is -1.80. The van der Waals surface area contributed by atoms with Crippen LogP contribution in [0.5, 0.6) is 0 Å². The van der Waals surface area contributed by atoms with Crippen LogP contribution in [-0.4, -0.2) is 12.0 Å². The van der Waals surface area contributed by atoms with Crippen molar-refractivity contribution in [3.05, 3.63) is 14.7 Å². The number of thioether (sulfide) groups is 1. The molecule has 4 heteroatoms. The normalized spacial score (nSPS) is 10.5.